The van der Waals surface area contributed by atoms with Gasteiger partial charge in [0.1, 0.15) is 0 Å². The maximum atomic E-state index is 11.3. The minimum atomic E-state index is -0.377. The molecule has 158 valence electrons. The molecule has 2 aromatic carbocycles. The Kier molecular flexibility index (Phi) is 5.03. The van der Waals surface area contributed by atoms with Gasteiger partial charge < -0.3 is 5.32 Å². The van der Waals surface area contributed by atoms with Gasteiger partial charge in [0.25, 0.3) is 5.69 Å². The number of allylic oxidation sites excluding steroid dienone is 4. The molecular weight excluding hydrogens is 400 g/mol. The van der Waals surface area contributed by atoms with Crippen LogP contribution >= 0.6 is 0 Å². The highest BCUT2D eigenvalue weighted by molar-refractivity contribution is 5.81. The van der Waals surface area contributed by atoms with E-state index in [0.717, 1.165) is 51.9 Å². The second kappa shape index (κ2) is 8.15. The van der Waals surface area contributed by atoms with Gasteiger partial charge in [-0.05, 0) is 12.0 Å². The molecule has 0 bridgehead atoms. The topological polar surface area (TPSA) is 73.0 Å². The van der Waals surface area contributed by atoms with Gasteiger partial charge in [0.05, 0.1) is 27.4 Å². The van der Waals surface area contributed by atoms with Crippen LogP contribution < -0.4 is 16.1 Å². The SMILES string of the molecule is C=c1c(CC2=CC=CC2)nc2n1C=C(c1cccc([N+](=O)[O-])c1)NC=2Cc1ccccc1. The molecule has 6 nitrogen and oxygen atoms in total. The van der Waals surface area contributed by atoms with Gasteiger partial charge in [0.15, 0.2) is 5.48 Å². The zero-order valence-electron chi connectivity index (χ0n) is 17.5. The molecule has 1 N–H and O–H groups in total. The number of nitrogens with one attached hydrogen (secondary N) is 1. The van der Waals surface area contributed by atoms with E-state index in [2.05, 4.69) is 42.3 Å². The molecule has 5 rings (SSSR count). The van der Waals surface area contributed by atoms with E-state index >= 15 is 0 Å². The van der Waals surface area contributed by atoms with Crippen LogP contribution in [0.3, 0.4) is 0 Å². The highest BCUT2D eigenvalue weighted by atomic mass is 16.6. The molecular formula is C26H22N4O2. The molecule has 0 radical (unpaired) electrons. The van der Waals surface area contributed by atoms with Crippen molar-refractivity contribution in [3.63, 3.8) is 0 Å². The van der Waals surface area contributed by atoms with E-state index in [0.29, 0.717) is 6.42 Å². The summed E-state index contributed by atoms with van der Waals surface area (Å²) in [6.45, 7) is 4.31. The number of hydrogen-bond acceptors (Lipinski definition) is 4. The predicted molar refractivity (Wildman–Crippen MR) is 126 cm³/mol. The highest BCUT2D eigenvalue weighted by Gasteiger charge is 2.19. The predicted octanol–water partition coefficient (Wildman–Crippen LogP) is 3.54. The van der Waals surface area contributed by atoms with Crippen molar-refractivity contribution in [3.05, 3.63) is 116 Å². The van der Waals surface area contributed by atoms with E-state index in [1.165, 1.54) is 11.6 Å². The van der Waals surface area contributed by atoms with Crippen LogP contribution in [0.15, 0.2) is 78.4 Å². The number of imidazole rings is 1. The van der Waals surface area contributed by atoms with Gasteiger partial charge in [-0.2, -0.15) is 0 Å². The summed E-state index contributed by atoms with van der Waals surface area (Å²) in [4.78, 5) is 15.9. The van der Waals surface area contributed by atoms with Crippen molar-refractivity contribution in [1.29, 1.82) is 0 Å². The Balaban J connectivity index is 1.61. The summed E-state index contributed by atoms with van der Waals surface area (Å²) in [5.74, 6) is 0. The van der Waals surface area contributed by atoms with E-state index in [4.69, 9.17) is 4.98 Å². The molecule has 3 aromatic rings. The van der Waals surface area contributed by atoms with Crippen LogP contribution in [0.4, 0.5) is 5.69 Å². The van der Waals surface area contributed by atoms with E-state index in [9.17, 15) is 10.1 Å². The summed E-state index contributed by atoms with van der Waals surface area (Å²) in [5.41, 5.74) is 6.76. The van der Waals surface area contributed by atoms with E-state index in [1.54, 1.807) is 12.1 Å². The molecule has 0 atom stereocenters. The van der Waals surface area contributed by atoms with Crippen LogP contribution in [0, 0.1) is 10.1 Å². The molecule has 32 heavy (non-hydrogen) atoms. The first-order chi connectivity index (χ1) is 15.6. The maximum absolute atomic E-state index is 11.3. The Morgan fingerprint density at radius 3 is 2.72 bits per heavy atom. The van der Waals surface area contributed by atoms with Gasteiger partial charge in [0, 0.05) is 36.7 Å². The normalized spacial score (nSPS) is 14.6. The second-order valence-corrected chi connectivity index (χ2v) is 7.95. The average molecular weight is 422 g/mol. The van der Waals surface area contributed by atoms with Crippen molar-refractivity contribution < 1.29 is 4.92 Å². The third kappa shape index (κ3) is 3.78. The highest BCUT2D eigenvalue weighted by Crippen LogP contribution is 2.22. The lowest BCUT2D eigenvalue weighted by Gasteiger charge is -2.19. The van der Waals surface area contributed by atoms with E-state index < -0.39 is 0 Å². The Bertz CT molecular complexity index is 1410. The van der Waals surface area contributed by atoms with Crippen LogP contribution in [-0.4, -0.2) is 14.5 Å². The van der Waals surface area contributed by atoms with Crippen molar-refractivity contribution in [2.75, 3.05) is 0 Å². The maximum Gasteiger partial charge on any atom is 0.270 e. The molecule has 0 saturated heterocycles. The molecule has 1 aliphatic heterocycles. The van der Waals surface area contributed by atoms with Gasteiger partial charge in [-0.15, -0.1) is 0 Å². The third-order valence-corrected chi connectivity index (χ3v) is 5.74. The standard InChI is InChI=1S/C26H22N4O2/c1-18-23(14-19-10-5-6-11-19)28-26-24(15-20-8-3-2-4-9-20)27-25(17-29(18)26)21-12-7-13-22(16-21)30(31)32/h2-10,12-13,16-17,27H,1,11,14-15H2. The first kappa shape index (κ1) is 19.8. The first-order valence-electron chi connectivity index (χ1n) is 10.5. The van der Waals surface area contributed by atoms with Gasteiger partial charge >= 0.3 is 0 Å². The molecule has 0 spiro atoms. The summed E-state index contributed by atoms with van der Waals surface area (Å²) in [6, 6.07) is 16.8. The van der Waals surface area contributed by atoms with Crippen LogP contribution in [0.2, 0.25) is 0 Å². The zero-order valence-corrected chi connectivity index (χ0v) is 17.5. The van der Waals surface area contributed by atoms with Gasteiger partial charge in [-0.3, -0.25) is 14.7 Å². The zero-order chi connectivity index (χ0) is 22.1. The molecule has 0 amide bonds. The largest absolute Gasteiger partial charge is 0.354 e. The first-order valence-corrected chi connectivity index (χ1v) is 10.5. The lowest BCUT2D eigenvalue weighted by atomic mass is 10.1. The van der Waals surface area contributed by atoms with Crippen molar-refractivity contribution in [2.24, 2.45) is 0 Å². The molecule has 1 aliphatic carbocycles. The van der Waals surface area contributed by atoms with Crippen molar-refractivity contribution >= 4 is 29.9 Å². The van der Waals surface area contributed by atoms with Gasteiger partial charge in [-0.1, -0.05) is 72.8 Å². The molecule has 0 fully saturated rings. The summed E-state index contributed by atoms with van der Waals surface area (Å²) in [7, 11) is 0. The van der Waals surface area contributed by atoms with Gasteiger partial charge in [0.2, 0.25) is 0 Å². The summed E-state index contributed by atoms with van der Waals surface area (Å²) < 4.78 is 2.00. The average Bonchev–Trinajstić information content (AvgIpc) is 3.43. The number of nitrogens with zero attached hydrogens (tertiary/aromatic N) is 3. The molecule has 6 heteroatoms. The lowest BCUT2D eigenvalue weighted by molar-refractivity contribution is -0.384. The molecule has 0 saturated carbocycles. The number of fused-ring (bicyclic) bond motifs is 1. The number of aromatic nitrogens is 2. The van der Waals surface area contributed by atoms with Crippen molar-refractivity contribution in [3.8, 4) is 0 Å². The monoisotopic (exact) mass is 422 g/mol. The van der Waals surface area contributed by atoms with Crippen LogP contribution in [0.5, 0.6) is 0 Å². The number of nitro groups is 1. The third-order valence-electron chi connectivity index (χ3n) is 5.74. The van der Waals surface area contributed by atoms with Crippen molar-refractivity contribution in [1.82, 2.24) is 14.9 Å². The van der Waals surface area contributed by atoms with E-state index in [1.807, 2.05) is 35.0 Å². The summed E-state index contributed by atoms with van der Waals surface area (Å²) in [5, 5.41) is 15.6. The number of rotatable bonds is 6. The second-order valence-electron chi connectivity index (χ2n) is 7.95. The summed E-state index contributed by atoms with van der Waals surface area (Å²) in [6.07, 6.45) is 10.6. The number of hydrogen-bond donors (Lipinski definition) is 1. The smallest absolute Gasteiger partial charge is 0.270 e. The quantitative estimate of drug-likeness (QED) is 0.487. The van der Waals surface area contributed by atoms with Crippen LogP contribution in [-0.2, 0) is 12.8 Å². The minimum absolute atomic E-state index is 0.0578. The Hall–Kier alpha value is -4.19. The van der Waals surface area contributed by atoms with Gasteiger partial charge in [-0.25, -0.2) is 4.98 Å². The van der Waals surface area contributed by atoms with Crippen molar-refractivity contribution in [2.45, 2.75) is 19.3 Å². The van der Waals surface area contributed by atoms with Crippen LogP contribution in [0.25, 0.3) is 24.2 Å². The Morgan fingerprint density at radius 2 is 1.97 bits per heavy atom. The summed E-state index contributed by atoms with van der Waals surface area (Å²) >= 11 is 0. The fraction of sp³-hybridized carbons (Fsp3) is 0.115. The molecule has 2 heterocycles. The number of nitro benzene ring substituents is 1. The fourth-order valence-corrected chi connectivity index (χ4v) is 4.08. The number of non-ortho nitro benzene ring substituents is 1. The molecule has 0 unspecified atom stereocenters. The van der Waals surface area contributed by atoms with Crippen LogP contribution in [0.1, 0.15) is 23.2 Å². The molecule has 2 aliphatic rings. The van der Waals surface area contributed by atoms with E-state index in [-0.39, 0.29) is 10.6 Å². The Morgan fingerprint density at radius 1 is 1.12 bits per heavy atom. The molecule has 1 aromatic heterocycles. The minimum Gasteiger partial charge on any atom is -0.354 e. The Labute approximate surface area is 185 Å². The number of benzene rings is 2. The lowest BCUT2D eigenvalue weighted by Crippen LogP contribution is -2.35. The fourth-order valence-electron chi connectivity index (χ4n) is 4.08.